The smallest absolute Gasteiger partial charge is 0.236 e. The summed E-state index contributed by atoms with van der Waals surface area (Å²) in [6.07, 6.45) is 0.816. The van der Waals surface area contributed by atoms with E-state index in [1.807, 2.05) is 14.0 Å². The summed E-state index contributed by atoms with van der Waals surface area (Å²) in [5.74, 6) is 0.146. The molecule has 2 nitrogen and oxygen atoms in total. The standard InChI is InChI=1S/C14H20BrNO/c1-5-13(15)14(17)16(4)9-12-7-6-10(2)8-11(12)3/h6-8,13H,5,9H2,1-4H3. The number of hydrogen-bond acceptors (Lipinski definition) is 1. The zero-order valence-corrected chi connectivity index (χ0v) is 12.5. The third-order valence-corrected chi connectivity index (χ3v) is 3.95. The molecule has 0 fully saturated rings. The highest BCUT2D eigenvalue weighted by Crippen LogP contribution is 2.15. The summed E-state index contributed by atoms with van der Waals surface area (Å²) in [5, 5.41) is 0. The lowest BCUT2D eigenvalue weighted by Crippen LogP contribution is -2.32. The van der Waals surface area contributed by atoms with Crippen LogP contribution in [0.3, 0.4) is 0 Å². The third-order valence-electron chi connectivity index (χ3n) is 2.91. The van der Waals surface area contributed by atoms with Gasteiger partial charge >= 0.3 is 0 Å². The lowest BCUT2D eigenvalue weighted by molar-refractivity contribution is -0.129. The maximum atomic E-state index is 11.9. The van der Waals surface area contributed by atoms with Crippen molar-refractivity contribution in [2.75, 3.05) is 7.05 Å². The highest BCUT2D eigenvalue weighted by molar-refractivity contribution is 9.10. The Kier molecular flexibility index (Phi) is 5.19. The fourth-order valence-corrected chi connectivity index (χ4v) is 2.12. The van der Waals surface area contributed by atoms with Gasteiger partial charge in [0, 0.05) is 13.6 Å². The van der Waals surface area contributed by atoms with E-state index in [-0.39, 0.29) is 10.7 Å². The molecule has 1 aromatic carbocycles. The minimum atomic E-state index is -0.0711. The van der Waals surface area contributed by atoms with Gasteiger partial charge in [0.25, 0.3) is 0 Å². The molecule has 1 amide bonds. The molecule has 3 heteroatoms. The van der Waals surface area contributed by atoms with Gasteiger partial charge in [-0.2, -0.15) is 0 Å². The minimum absolute atomic E-state index is 0.0711. The molecular formula is C14H20BrNO. The van der Waals surface area contributed by atoms with Crippen molar-refractivity contribution in [3.63, 3.8) is 0 Å². The molecule has 94 valence electrons. The molecule has 1 aromatic rings. The highest BCUT2D eigenvalue weighted by atomic mass is 79.9. The Bertz CT molecular complexity index is 403. The Morgan fingerprint density at radius 3 is 2.59 bits per heavy atom. The molecule has 1 unspecified atom stereocenters. The van der Waals surface area contributed by atoms with E-state index in [0.29, 0.717) is 6.54 Å². The summed E-state index contributed by atoms with van der Waals surface area (Å²) >= 11 is 3.40. The van der Waals surface area contributed by atoms with Gasteiger partial charge in [0.1, 0.15) is 0 Å². The first-order valence-corrected chi connectivity index (χ1v) is 6.82. The van der Waals surface area contributed by atoms with Gasteiger partial charge < -0.3 is 4.90 Å². The average Bonchev–Trinajstić information content (AvgIpc) is 2.30. The van der Waals surface area contributed by atoms with Crippen molar-refractivity contribution in [2.45, 2.75) is 38.6 Å². The number of amides is 1. The monoisotopic (exact) mass is 297 g/mol. The topological polar surface area (TPSA) is 20.3 Å². The first-order valence-electron chi connectivity index (χ1n) is 5.91. The lowest BCUT2D eigenvalue weighted by Gasteiger charge is -2.21. The van der Waals surface area contributed by atoms with Gasteiger partial charge in [0.15, 0.2) is 0 Å². The van der Waals surface area contributed by atoms with Crippen LogP contribution in [-0.2, 0) is 11.3 Å². The molecule has 1 rings (SSSR count). The highest BCUT2D eigenvalue weighted by Gasteiger charge is 2.17. The normalized spacial score (nSPS) is 12.3. The van der Waals surface area contributed by atoms with E-state index in [0.717, 1.165) is 6.42 Å². The summed E-state index contributed by atoms with van der Waals surface area (Å²) < 4.78 is 0. The van der Waals surface area contributed by atoms with Crippen LogP contribution in [0.15, 0.2) is 18.2 Å². The Morgan fingerprint density at radius 1 is 1.41 bits per heavy atom. The number of rotatable bonds is 4. The van der Waals surface area contributed by atoms with Gasteiger partial charge in [-0.25, -0.2) is 0 Å². The van der Waals surface area contributed by atoms with Crippen molar-refractivity contribution in [1.82, 2.24) is 4.90 Å². The van der Waals surface area contributed by atoms with Crippen LogP contribution < -0.4 is 0 Å². The van der Waals surface area contributed by atoms with Crippen molar-refractivity contribution in [2.24, 2.45) is 0 Å². The van der Waals surface area contributed by atoms with Crippen LogP contribution in [0.5, 0.6) is 0 Å². The van der Waals surface area contributed by atoms with Crippen molar-refractivity contribution in [1.29, 1.82) is 0 Å². The molecule has 0 radical (unpaired) electrons. The molecule has 0 heterocycles. The molecule has 0 saturated heterocycles. The Balaban J connectivity index is 2.74. The number of aryl methyl sites for hydroxylation is 2. The molecule has 0 bridgehead atoms. The average molecular weight is 298 g/mol. The third kappa shape index (κ3) is 3.84. The predicted molar refractivity (Wildman–Crippen MR) is 75.4 cm³/mol. The molecule has 0 aliphatic carbocycles. The summed E-state index contributed by atoms with van der Waals surface area (Å²) in [6, 6.07) is 6.34. The van der Waals surface area contributed by atoms with Gasteiger partial charge in [-0.3, -0.25) is 4.79 Å². The molecule has 0 aromatic heterocycles. The largest absolute Gasteiger partial charge is 0.340 e. The van der Waals surface area contributed by atoms with Gasteiger partial charge in [-0.15, -0.1) is 0 Å². The van der Waals surface area contributed by atoms with E-state index in [9.17, 15) is 4.79 Å². The Morgan fingerprint density at radius 2 is 2.06 bits per heavy atom. The maximum absolute atomic E-state index is 11.9. The molecule has 0 N–H and O–H groups in total. The first-order chi connectivity index (χ1) is 7.95. The molecular weight excluding hydrogens is 278 g/mol. The van der Waals surface area contributed by atoms with Crippen molar-refractivity contribution < 1.29 is 4.79 Å². The number of benzene rings is 1. The summed E-state index contributed by atoms with van der Waals surface area (Å²) in [4.78, 5) is 13.6. The van der Waals surface area contributed by atoms with Crippen molar-refractivity contribution in [3.8, 4) is 0 Å². The van der Waals surface area contributed by atoms with E-state index in [4.69, 9.17) is 0 Å². The van der Waals surface area contributed by atoms with Crippen LogP contribution in [0, 0.1) is 13.8 Å². The first kappa shape index (κ1) is 14.2. The van der Waals surface area contributed by atoms with Crippen LogP contribution >= 0.6 is 15.9 Å². The maximum Gasteiger partial charge on any atom is 0.236 e. The van der Waals surface area contributed by atoms with Gasteiger partial charge in [-0.05, 0) is 31.4 Å². The number of alkyl halides is 1. The quantitative estimate of drug-likeness (QED) is 0.780. The Hall–Kier alpha value is -0.830. The SMILES string of the molecule is CCC(Br)C(=O)N(C)Cc1ccc(C)cc1C. The fraction of sp³-hybridized carbons (Fsp3) is 0.500. The summed E-state index contributed by atoms with van der Waals surface area (Å²) in [6.45, 7) is 6.85. The van der Waals surface area contributed by atoms with E-state index < -0.39 is 0 Å². The van der Waals surface area contributed by atoms with Crippen LogP contribution in [0.25, 0.3) is 0 Å². The van der Waals surface area contributed by atoms with Crippen LogP contribution in [-0.4, -0.2) is 22.7 Å². The Labute approximate surface area is 112 Å². The molecule has 0 spiro atoms. The second kappa shape index (κ2) is 6.20. The van der Waals surface area contributed by atoms with Crippen LogP contribution in [0.4, 0.5) is 0 Å². The number of hydrogen-bond donors (Lipinski definition) is 0. The van der Waals surface area contributed by atoms with Crippen LogP contribution in [0.1, 0.15) is 30.0 Å². The molecule has 0 aliphatic rings. The van der Waals surface area contributed by atoms with E-state index in [1.165, 1.54) is 16.7 Å². The minimum Gasteiger partial charge on any atom is -0.340 e. The number of carbonyl (C=O) groups excluding carboxylic acids is 1. The molecule has 1 atom stereocenters. The van der Waals surface area contributed by atoms with Crippen molar-refractivity contribution >= 4 is 21.8 Å². The van der Waals surface area contributed by atoms with Gasteiger partial charge in [0.05, 0.1) is 4.83 Å². The van der Waals surface area contributed by atoms with Gasteiger partial charge in [0.2, 0.25) is 5.91 Å². The lowest BCUT2D eigenvalue weighted by atomic mass is 10.1. The molecule has 0 aliphatic heterocycles. The van der Waals surface area contributed by atoms with E-state index in [2.05, 4.69) is 48.0 Å². The summed E-state index contributed by atoms with van der Waals surface area (Å²) in [5.41, 5.74) is 3.71. The number of nitrogens with zero attached hydrogens (tertiary/aromatic N) is 1. The summed E-state index contributed by atoms with van der Waals surface area (Å²) in [7, 11) is 1.85. The number of carbonyl (C=O) groups is 1. The molecule has 0 saturated carbocycles. The zero-order valence-electron chi connectivity index (χ0n) is 11.0. The zero-order chi connectivity index (χ0) is 13.0. The van der Waals surface area contributed by atoms with Crippen molar-refractivity contribution in [3.05, 3.63) is 34.9 Å². The fourth-order valence-electron chi connectivity index (χ4n) is 1.77. The molecule has 17 heavy (non-hydrogen) atoms. The van der Waals surface area contributed by atoms with E-state index in [1.54, 1.807) is 4.90 Å². The van der Waals surface area contributed by atoms with Gasteiger partial charge in [-0.1, -0.05) is 46.6 Å². The van der Waals surface area contributed by atoms with E-state index >= 15 is 0 Å². The second-order valence-electron chi connectivity index (χ2n) is 4.50. The number of halogens is 1. The van der Waals surface area contributed by atoms with Crippen LogP contribution in [0.2, 0.25) is 0 Å². The predicted octanol–water partition coefficient (Wildman–Crippen LogP) is 3.44. The second-order valence-corrected chi connectivity index (χ2v) is 5.61.